The third kappa shape index (κ3) is 4.21. The van der Waals surface area contributed by atoms with Gasteiger partial charge in [0, 0.05) is 44.8 Å². The minimum Gasteiger partial charge on any atom is -0.478 e. The van der Waals surface area contributed by atoms with Gasteiger partial charge >= 0.3 is 0 Å². The maximum atomic E-state index is 13.1. The fraction of sp³-hybridized carbons (Fsp3) is 0.381. The molecule has 9 heteroatoms. The molecule has 2 aliphatic rings. The zero-order valence-electron chi connectivity index (χ0n) is 16.7. The van der Waals surface area contributed by atoms with Gasteiger partial charge in [-0.1, -0.05) is 12.1 Å². The quantitative estimate of drug-likeness (QED) is 0.742. The standard InChI is InChI=1S/C21H24FN3O4S/c1-30(27,28)25-11-10-20(29-19-5-3-2-4-18(19)25)21(26)24-14-12-23(13-15-24)17-8-6-16(22)7-9-17/h2-9,20H,10-15H2,1H3. The van der Waals surface area contributed by atoms with Gasteiger partial charge in [0.05, 0.1) is 11.9 Å². The average Bonchev–Trinajstić information content (AvgIpc) is 2.94. The van der Waals surface area contributed by atoms with Gasteiger partial charge in [-0.05, 0) is 36.4 Å². The number of piperazine rings is 1. The lowest BCUT2D eigenvalue weighted by Gasteiger charge is -2.37. The van der Waals surface area contributed by atoms with E-state index in [4.69, 9.17) is 4.74 Å². The Bertz CT molecular complexity index is 1020. The maximum absolute atomic E-state index is 13.1. The Morgan fingerprint density at radius 3 is 2.33 bits per heavy atom. The molecule has 2 aromatic rings. The van der Waals surface area contributed by atoms with Crippen LogP contribution in [-0.2, 0) is 14.8 Å². The number of para-hydroxylation sites is 2. The van der Waals surface area contributed by atoms with Crippen molar-refractivity contribution in [3.8, 4) is 5.75 Å². The molecule has 2 heterocycles. The summed E-state index contributed by atoms with van der Waals surface area (Å²) >= 11 is 0. The molecule has 0 aromatic heterocycles. The van der Waals surface area contributed by atoms with Gasteiger partial charge in [-0.2, -0.15) is 0 Å². The van der Waals surface area contributed by atoms with Gasteiger partial charge in [0.2, 0.25) is 10.0 Å². The van der Waals surface area contributed by atoms with Crippen molar-refractivity contribution in [1.82, 2.24) is 4.90 Å². The van der Waals surface area contributed by atoms with Gasteiger partial charge in [0.15, 0.2) is 6.10 Å². The Morgan fingerprint density at radius 1 is 1.00 bits per heavy atom. The predicted octanol–water partition coefficient (Wildman–Crippen LogP) is 2.09. The summed E-state index contributed by atoms with van der Waals surface area (Å²) in [5.74, 6) is -0.0240. The van der Waals surface area contributed by atoms with Gasteiger partial charge < -0.3 is 14.5 Å². The van der Waals surface area contributed by atoms with Gasteiger partial charge in [0.25, 0.3) is 5.91 Å². The number of hydrogen-bond donors (Lipinski definition) is 0. The van der Waals surface area contributed by atoms with E-state index in [1.807, 2.05) is 0 Å². The Labute approximate surface area is 175 Å². The van der Waals surface area contributed by atoms with Crippen LogP contribution >= 0.6 is 0 Å². The molecule has 1 unspecified atom stereocenters. The average molecular weight is 434 g/mol. The van der Waals surface area contributed by atoms with Crippen LogP contribution in [0.4, 0.5) is 15.8 Å². The van der Waals surface area contributed by atoms with Crippen molar-refractivity contribution in [2.24, 2.45) is 0 Å². The van der Waals surface area contributed by atoms with E-state index in [0.717, 1.165) is 11.9 Å². The number of nitrogens with zero attached hydrogens (tertiary/aromatic N) is 3. The highest BCUT2D eigenvalue weighted by molar-refractivity contribution is 7.92. The van der Waals surface area contributed by atoms with Crippen LogP contribution in [0.2, 0.25) is 0 Å². The molecule has 0 spiro atoms. The van der Waals surface area contributed by atoms with E-state index >= 15 is 0 Å². The maximum Gasteiger partial charge on any atom is 0.263 e. The highest BCUT2D eigenvalue weighted by atomic mass is 32.2. The van der Waals surface area contributed by atoms with Crippen LogP contribution in [0.25, 0.3) is 0 Å². The molecule has 0 aliphatic carbocycles. The number of fused-ring (bicyclic) bond motifs is 1. The molecule has 1 fully saturated rings. The van der Waals surface area contributed by atoms with E-state index in [1.54, 1.807) is 41.3 Å². The van der Waals surface area contributed by atoms with Crippen LogP contribution in [0.15, 0.2) is 48.5 Å². The number of halogens is 1. The summed E-state index contributed by atoms with van der Waals surface area (Å²) in [6.07, 6.45) is 0.689. The number of sulfonamides is 1. The van der Waals surface area contributed by atoms with Crippen molar-refractivity contribution < 1.29 is 22.3 Å². The van der Waals surface area contributed by atoms with E-state index in [9.17, 15) is 17.6 Å². The van der Waals surface area contributed by atoms with Crippen molar-refractivity contribution in [2.75, 3.05) is 48.2 Å². The zero-order chi connectivity index (χ0) is 21.3. The van der Waals surface area contributed by atoms with E-state index in [2.05, 4.69) is 4.90 Å². The van der Waals surface area contributed by atoms with Crippen molar-refractivity contribution in [1.29, 1.82) is 0 Å². The summed E-state index contributed by atoms with van der Waals surface area (Å²) in [6, 6.07) is 13.2. The van der Waals surface area contributed by atoms with Crippen LogP contribution in [0.5, 0.6) is 5.75 Å². The SMILES string of the molecule is CS(=O)(=O)N1CCC(C(=O)N2CCN(c3ccc(F)cc3)CC2)Oc2ccccc21. The van der Waals surface area contributed by atoms with Crippen LogP contribution in [0.3, 0.4) is 0 Å². The van der Waals surface area contributed by atoms with Crippen LogP contribution in [-0.4, -0.2) is 64.3 Å². The Balaban J connectivity index is 1.45. The van der Waals surface area contributed by atoms with Crippen molar-refractivity contribution >= 4 is 27.3 Å². The van der Waals surface area contributed by atoms with Gasteiger partial charge in [0.1, 0.15) is 11.6 Å². The second-order valence-corrected chi connectivity index (χ2v) is 9.39. The fourth-order valence-electron chi connectivity index (χ4n) is 3.89. The minimum atomic E-state index is -3.48. The van der Waals surface area contributed by atoms with E-state index < -0.39 is 16.1 Å². The summed E-state index contributed by atoms with van der Waals surface area (Å²) in [6.45, 7) is 2.50. The van der Waals surface area contributed by atoms with Crippen LogP contribution in [0.1, 0.15) is 6.42 Å². The molecule has 30 heavy (non-hydrogen) atoms. The first-order valence-electron chi connectivity index (χ1n) is 9.85. The summed E-state index contributed by atoms with van der Waals surface area (Å²) in [7, 11) is -3.48. The Hall–Kier alpha value is -2.81. The topological polar surface area (TPSA) is 70.2 Å². The second-order valence-electron chi connectivity index (χ2n) is 7.49. The first-order valence-corrected chi connectivity index (χ1v) is 11.7. The lowest BCUT2D eigenvalue weighted by atomic mass is 10.2. The molecule has 2 aliphatic heterocycles. The molecule has 1 saturated heterocycles. The third-order valence-corrected chi connectivity index (χ3v) is 6.64. The molecule has 0 bridgehead atoms. The lowest BCUT2D eigenvalue weighted by molar-refractivity contribution is -0.139. The Morgan fingerprint density at radius 2 is 1.67 bits per heavy atom. The van der Waals surface area contributed by atoms with Crippen molar-refractivity contribution in [2.45, 2.75) is 12.5 Å². The van der Waals surface area contributed by atoms with Crippen LogP contribution in [0, 0.1) is 5.82 Å². The van der Waals surface area contributed by atoms with Gasteiger partial charge in [-0.15, -0.1) is 0 Å². The molecule has 1 amide bonds. The molecule has 1 atom stereocenters. The van der Waals surface area contributed by atoms with E-state index in [-0.39, 0.29) is 24.7 Å². The normalized spacial score (nSPS) is 19.7. The first kappa shape index (κ1) is 20.5. The fourth-order valence-corrected chi connectivity index (χ4v) is 4.83. The number of amides is 1. The van der Waals surface area contributed by atoms with E-state index in [1.165, 1.54) is 16.4 Å². The zero-order valence-corrected chi connectivity index (χ0v) is 17.5. The van der Waals surface area contributed by atoms with E-state index in [0.29, 0.717) is 37.6 Å². The summed E-state index contributed by atoms with van der Waals surface area (Å²) in [4.78, 5) is 17.0. The molecular weight excluding hydrogens is 409 g/mol. The number of rotatable bonds is 3. The molecular formula is C21H24FN3O4S. The lowest BCUT2D eigenvalue weighted by Crippen LogP contribution is -2.52. The van der Waals surface area contributed by atoms with Gasteiger partial charge in [-0.3, -0.25) is 9.10 Å². The summed E-state index contributed by atoms with van der Waals surface area (Å²) < 4.78 is 44.8. The third-order valence-electron chi connectivity index (χ3n) is 5.46. The number of hydrogen-bond acceptors (Lipinski definition) is 5. The minimum absolute atomic E-state index is 0.140. The van der Waals surface area contributed by atoms with Crippen molar-refractivity contribution in [3.63, 3.8) is 0 Å². The number of carbonyl (C=O) groups is 1. The van der Waals surface area contributed by atoms with Gasteiger partial charge in [-0.25, -0.2) is 12.8 Å². The largest absolute Gasteiger partial charge is 0.478 e. The summed E-state index contributed by atoms with van der Waals surface area (Å²) in [5.41, 5.74) is 1.38. The molecule has 160 valence electrons. The summed E-state index contributed by atoms with van der Waals surface area (Å²) in [5, 5.41) is 0. The number of anilines is 2. The molecule has 7 nitrogen and oxygen atoms in total. The number of ether oxygens (including phenoxy) is 1. The van der Waals surface area contributed by atoms with Crippen LogP contribution < -0.4 is 13.9 Å². The molecule has 4 rings (SSSR count). The molecule has 0 radical (unpaired) electrons. The first-order chi connectivity index (χ1) is 14.3. The number of benzene rings is 2. The van der Waals surface area contributed by atoms with Crippen molar-refractivity contribution in [3.05, 3.63) is 54.3 Å². The predicted molar refractivity (Wildman–Crippen MR) is 113 cm³/mol. The second kappa shape index (κ2) is 8.14. The highest BCUT2D eigenvalue weighted by Crippen LogP contribution is 2.34. The monoisotopic (exact) mass is 433 g/mol. The molecule has 0 saturated carbocycles. The Kier molecular flexibility index (Phi) is 5.55. The smallest absolute Gasteiger partial charge is 0.263 e. The molecule has 0 N–H and O–H groups in total. The highest BCUT2D eigenvalue weighted by Gasteiger charge is 2.34. The number of carbonyl (C=O) groups excluding carboxylic acids is 1. The molecule has 2 aromatic carbocycles.